The Kier molecular flexibility index (Phi) is 3.90. The van der Waals surface area contributed by atoms with Crippen molar-refractivity contribution in [2.75, 3.05) is 0 Å². The maximum absolute atomic E-state index is 12.2. The van der Waals surface area contributed by atoms with Gasteiger partial charge in [0.15, 0.2) is 0 Å². The summed E-state index contributed by atoms with van der Waals surface area (Å²) in [5.74, 6) is 0.558. The molecular formula is C15H20N4O. The second-order valence-electron chi connectivity index (χ2n) is 5.44. The van der Waals surface area contributed by atoms with Crippen molar-refractivity contribution in [1.29, 1.82) is 0 Å². The molecule has 1 heterocycles. The molecule has 1 atom stereocenters. The first-order chi connectivity index (χ1) is 9.39. The van der Waals surface area contributed by atoms with Crippen LogP contribution in [-0.4, -0.2) is 21.0 Å². The molecule has 5 nitrogen and oxygen atoms in total. The number of amides is 1. The van der Waals surface area contributed by atoms with Crippen LogP contribution in [0, 0.1) is 0 Å². The lowest BCUT2D eigenvalue weighted by molar-refractivity contribution is -0.125. The highest BCUT2D eigenvalue weighted by Crippen LogP contribution is 2.20. The van der Waals surface area contributed by atoms with Gasteiger partial charge in [-0.15, -0.1) is 0 Å². The lowest BCUT2D eigenvalue weighted by atomic mass is 10.0. The van der Waals surface area contributed by atoms with Gasteiger partial charge in [0.05, 0.1) is 5.54 Å². The topological polar surface area (TPSA) is 72.9 Å². The second-order valence-corrected chi connectivity index (χ2v) is 5.44. The predicted molar refractivity (Wildman–Crippen MR) is 77.9 cm³/mol. The third-order valence-corrected chi connectivity index (χ3v) is 3.11. The van der Waals surface area contributed by atoms with Gasteiger partial charge < -0.3 is 15.6 Å². The van der Waals surface area contributed by atoms with E-state index in [9.17, 15) is 4.79 Å². The van der Waals surface area contributed by atoms with Crippen molar-refractivity contribution in [2.45, 2.75) is 25.4 Å². The van der Waals surface area contributed by atoms with E-state index in [2.05, 4.69) is 10.3 Å². The van der Waals surface area contributed by atoms with Crippen LogP contribution in [0.5, 0.6) is 0 Å². The highest BCUT2D eigenvalue weighted by Gasteiger charge is 2.27. The van der Waals surface area contributed by atoms with Crippen LogP contribution in [0.4, 0.5) is 0 Å². The van der Waals surface area contributed by atoms with Gasteiger partial charge in [-0.05, 0) is 19.4 Å². The Hall–Kier alpha value is -2.14. The molecule has 2 aromatic rings. The van der Waals surface area contributed by atoms with Gasteiger partial charge in [-0.2, -0.15) is 0 Å². The Bertz CT molecular complexity index is 583. The number of hydrogen-bond acceptors (Lipinski definition) is 3. The molecule has 0 aliphatic rings. The first kappa shape index (κ1) is 14.3. The Morgan fingerprint density at radius 2 is 2.00 bits per heavy atom. The lowest BCUT2D eigenvalue weighted by Crippen LogP contribution is -2.50. The molecule has 1 amide bonds. The normalized spacial score (nSPS) is 13.0. The summed E-state index contributed by atoms with van der Waals surface area (Å²) >= 11 is 0. The van der Waals surface area contributed by atoms with Gasteiger partial charge in [0.25, 0.3) is 0 Å². The molecule has 106 valence electrons. The predicted octanol–water partition coefficient (Wildman–Crippen LogP) is 1.36. The molecule has 0 saturated carbocycles. The number of benzene rings is 1. The van der Waals surface area contributed by atoms with Crippen LogP contribution in [0.3, 0.4) is 0 Å². The first-order valence-electron chi connectivity index (χ1n) is 6.51. The van der Waals surface area contributed by atoms with E-state index < -0.39 is 5.54 Å². The zero-order valence-corrected chi connectivity index (χ0v) is 12.0. The number of carbonyl (C=O) groups is 1. The molecule has 0 aliphatic heterocycles. The summed E-state index contributed by atoms with van der Waals surface area (Å²) in [4.78, 5) is 16.5. The molecule has 1 aromatic carbocycles. The van der Waals surface area contributed by atoms with Crippen LogP contribution in [0.1, 0.15) is 31.3 Å². The fourth-order valence-electron chi connectivity index (χ4n) is 1.91. The van der Waals surface area contributed by atoms with Gasteiger partial charge in [-0.1, -0.05) is 30.3 Å². The fourth-order valence-corrected chi connectivity index (χ4v) is 1.91. The lowest BCUT2D eigenvalue weighted by Gasteiger charge is -2.24. The van der Waals surface area contributed by atoms with Crippen molar-refractivity contribution in [2.24, 2.45) is 12.8 Å². The van der Waals surface area contributed by atoms with Gasteiger partial charge in [0.1, 0.15) is 11.9 Å². The fraction of sp³-hybridized carbons (Fsp3) is 0.333. The maximum atomic E-state index is 12.2. The van der Waals surface area contributed by atoms with E-state index in [0.29, 0.717) is 0 Å². The minimum absolute atomic E-state index is 0.214. The Morgan fingerprint density at radius 3 is 2.50 bits per heavy atom. The SMILES string of the molecule is Cn1ccnc1C(NC(=O)C(C)(C)N)c1ccccc1. The Labute approximate surface area is 118 Å². The van der Waals surface area contributed by atoms with Gasteiger partial charge in [0, 0.05) is 19.4 Å². The molecule has 0 aliphatic carbocycles. The van der Waals surface area contributed by atoms with Crippen LogP contribution in [0.2, 0.25) is 0 Å². The van der Waals surface area contributed by atoms with E-state index in [-0.39, 0.29) is 11.9 Å². The minimum atomic E-state index is -0.932. The number of imidazole rings is 1. The summed E-state index contributed by atoms with van der Waals surface area (Å²) < 4.78 is 1.89. The smallest absolute Gasteiger partial charge is 0.240 e. The molecule has 2 rings (SSSR count). The van der Waals surface area contributed by atoms with Crippen LogP contribution in [0.25, 0.3) is 0 Å². The summed E-state index contributed by atoms with van der Waals surface area (Å²) in [6, 6.07) is 9.42. The van der Waals surface area contributed by atoms with Gasteiger partial charge >= 0.3 is 0 Å². The second kappa shape index (κ2) is 5.46. The van der Waals surface area contributed by atoms with Crippen molar-refractivity contribution < 1.29 is 4.79 Å². The van der Waals surface area contributed by atoms with Crippen molar-refractivity contribution in [1.82, 2.24) is 14.9 Å². The van der Waals surface area contributed by atoms with Crippen LogP contribution in [-0.2, 0) is 11.8 Å². The van der Waals surface area contributed by atoms with Crippen molar-refractivity contribution in [3.8, 4) is 0 Å². The Balaban J connectivity index is 2.36. The molecule has 1 aromatic heterocycles. The molecule has 20 heavy (non-hydrogen) atoms. The van der Waals surface area contributed by atoms with Crippen LogP contribution in [0.15, 0.2) is 42.7 Å². The standard InChI is InChI=1S/C15H20N4O/c1-15(2,16)14(20)18-12(11-7-5-4-6-8-11)13-17-9-10-19(13)3/h4-10,12H,16H2,1-3H3,(H,18,20). The zero-order valence-electron chi connectivity index (χ0n) is 12.0. The van der Waals surface area contributed by atoms with Gasteiger partial charge in [-0.25, -0.2) is 4.98 Å². The molecule has 0 spiro atoms. The molecule has 5 heteroatoms. The number of carbonyl (C=O) groups excluding carboxylic acids is 1. The average molecular weight is 272 g/mol. The summed E-state index contributed by atoms with van der Waals surface area (Å²) in [7, 11) is 1.90. The summed E-state index contributed by atoms with van der Waals surface area (Å²) in [6.07, 6.45) is 3.57. The zero-order chi connectivity index (χ0) is 14.8. The third kappa shape index (κ3) is 3.05. The van der Waals surface area contributed by atoms with Crippen molar-refractivity contribution >= 4 is 5.91 Å². The summed E-state index contributed by atoms with van der Waals surface area (Å²) in [5, 5.41) is 2.97. The highest BCUT2D eigenvalue weighted by molar-refractivity contribution is 5.85. The highest BCUT2D eigenvalue weighted by atomic mass is 16.2. The third-order valence-electron chi connectivity index (χ3n) is 3.11. The maximum Gasteiger partial charge on any atom is 0.240 e. The minimum Gasteiger partial charge on any atom is -0.341 e. The molecule has 0 bridgehead atoms. The van der Waals surface area contributed by atoms with E-state index >= 15 is 0 Å². The van der Waals surface area contributed by atoms with Gasteiger partial charge in [0.2, 0.25) is 5.91 Å². The number of aryl methyl sites for hydroxylation is 1. The molecule has 1 unspecified atom stereocenters. The summed E-state index contributed by atoms with van der Waals surface area (Å²) in [6.45, 7) is 3.37. The molecule has 3 N–H and O–H groups in total. The van der Waals surface area contributed by atoms with E-state index in [1.807, 2.05) is 48.1 Å². The Morgan fingerprint density at radius 1 is 1.35 bits per heavy atom. The quantitative estimate of drug-likeness (QED) is 0.882. The van der Waals surface area contributed by atoms with E-state index in [4.69, 9.17) is 5.73 Å². The monoisotopic (exact) mass is 272 g/mol. The molecular weight excluding hydrogens is 252 g/mol. The van der Waals surface area contributed by atoms with Crippen LogP contribution < -0.4 is 11.1 Å². The number of nitrogens with two attached hydrogens (primary N) is 1. The number of nitrogens with one attached hydrogen (secondary N) is 1. The number of aromatic nitrogens is 2. The molecule has 0 fully saturated rings. The first-order valence-corrected chi connectivity index (χ1v) is 6.51. The average Bonchev–Trinajstić information content (AvgIpc) is 2.81. The molecule has 0 saturated heterocycles. The van der Waals surface area contributed by atoms with E-state index in [1.54, 1.807) is 20.0 Å². The number of rotatable bonds is 4. The van der Waals surface area contributed by atoms with Crippen molar-refractivity contribution in [3.05, 3.63) is 54.1 Å². The van der Waals surface area contributed by atoms with E-state index in [1.165, 1.54) is 0 Å². The van der Waals surface area contributed by atoms with E-state index in [0.717, 1.165) is 11.4 Å². The van der Waals surface area contributed by atoms with Crippen molar-refractivity contribution in [3.63, 3.8) is 0 Å². The van der Waals surface area contributed by atoms with Crippen LogP contribution >= 0.6 is 0 Å². The summed E-state index contributed by atoms with van der Waals surface area (Å²) in [5.41, 5.74) is 5.90. The van der Waals surface area contributed by atoms with Gasteiger partial charge in [-0.3, -0.25) is 4.79 Å². The largest absolute Gasteiger partial charge is 0.341 e. The molecule has 0 radical (unpaired) electrons. The number of hydrogen-bond donors (Lipinski definition) is 2. The number of nitrogens with zero attached hydrogens (tertiary/aromatic N) is 2.